The largest absolute Gasteiger partial charge is 0.330 e. The van der Waals surface area contributed by atoms with Crippen molar-refractivity contribution in [2.75, 3.05) is 45.0 Å². The summed E-state index contributed by atoms with van der Waals surface area (Å²) in [7, 11) is -3.04. The van der Waals surface area contributed by atoms with Gasteiger partial charge in [0.05, 0.1) is 5.75 Å². The first-order valence-corrected chi connectivity index (χ1v) is 7.97. The van der Waals surface area contributed by atoms with Crippen molar-refractivity contribution in [3.8, 4) is 0 Å². The first-order valence-electron chi connectivity index (χ1n) is 6.36. The Hall–Kier alpha value is -0.170. The number of rotatable bonds is 6. The lowest BCUT2D eigenvalue weighted by Gasteiger charge is -2.34. The fourth-order valence-corrected chi connectivity index (χ4v) is 3.85. The van der Waals surface area contributed by atoms with Gasteiger partial charge in [-0.15, -0.1) is 0 Å². The predicted molar refractivity (Wildman–Crippen MR) is 70.3 cm³/mol. The molecule has 102 valence electrons. The molecule has 0 aliphatic carbocycles. The summed E-state index contributed by atoms with van der Waals surface area (Å²) >= 11 is 0. The van der Waals surface area contributed by atoms with Gasteiger partial charge in [0, 0.05) is 26.2 Å². The third kappa shape index (κ3) is 4.91. The highest BCUT2D eigenvalue weighted by molar-refractivity contribution is 7.89. The third-order valence-electron chi connectivity index (χ3n) is 2.95. The second kappa shape index (κ2) is 6.68. The monoisotopic (exact) mass is 263 g/mol. The van der Waals surface area contributed by atoms with E-state index in [2.05, 4.69) is 4.90 Å². The number of piperazine rings is 1. The van der Waals surface area contributed by atoms with Crippen molar-refractivity contribution in [1.82, 2.24) is 9.21 Å². The molecule has 5 nitrogen and oxygen atoms in total. The highest BCUT2D eigenvalue weighted by Crippen LogP contribution is 2.11. The minimum Gasteiger partial charge on any atom is -0.330 e. The second-order valence-electron chi connectivity index (χ2n) is 5.06. The number of hydrogen-bond acceptors (Lipinski definition) is 4. The zero-order chi connectivity index (χ0) is 12.9. The van der Waals surface area contributed by atoms with E-state index in [0.717, 1.165) is 26.1 Å². The molecule has 17 heavy (non-hydrogen) atoms. The Labute approximate surface area is 105 Å². The maximum atomic E-state index is 12.0. The molecule has 0 unspecified atom stereocenters. The van der Waals surface area contributed by atoms with Crippen LogP contribution in [0.3, 0.4) is 0 Å². The third-order valence-corrected chi connectivity index (χ3v) is 5.19. The lowest BCUT2D eigenvalue weighted by molar-refractivity contribution is 0.187. The van der Waals surface area contributed by atoms with Gasteiger partial charge in [-0.1, -0.05) is 13.8 Å². The van der Waals surface area contributed by atoms with Gasteiger partial charge in [-0.05, 0) is 25.4 Å². The molecule has 1 aliphatic heterocycles. The summed E-state index contributed by atoms with van der Waals surface area (Å²) < 4.78 is 25.6. The van der Waals surface area contributed by atoms with Crippen LogP contribution in [0.25, 0.3) is 0 Å². The number of nitrogens with zero attached hydrogens (tertiary/aromatic N) is 2. The van der Waals surface area contributed by atoms with Crippen molar-refractivity contribution in [3.63, 3.8) is 0 Å². The van der Waals surface area contributed by atoms with Gasteiger partial charge in [0.1, 0.15) is 0 Å². The molecule has 0 aromatic rings. The molecule has 0 bridgehead atoms. The van der Waals surface area contributed by atoms with E-state index >= 15 is 0 Å². The van der Waals surface area contributed by atoms with E-state index in [9.17, 15) is 8.42 Å². The van der Waals surface area contributed by atoms with Gasteiger partial charge in [-0.2, -0.15) is 4.31 Å². The lowest BCUT2D eigenvalue weighted by atomic mass is 10.3. The van der Waals surface area contributed by atoms with Gasteiger partial charge < -0.3 is 10.6 Å². The van der Waals surface area contributed by atoms with Gasteiger partial charge in [-0.3, -0.25) is 0 Å². The number of hydrogen-bond donors (Lipinski definition) is 1. The molecule has 0 saturated carbocycles. The van der Waals surface area contributed by atoms with E-state index in [1.54, 1.807) is 4.31 Å². The Morgan fingerprint density at radius 2 is 1.76 bits per heavy atom. The van der Waals surface area contributed by atoms with Crippen LogP contribution in [0.2, 0.25) is 0 Å². The van der Waals surface area contributed by atoms with E-state index < -0.39 is 10.0 Å². The molecule has 0 amide bonds. The van der Waals surface area contributed by atoms with Crippen LogP contribution in [0.1, 0.15) is 20.3 Å². The Kier molecular flexibility index (Phi) is 5.85. The maximum Gasteiger partial charge on any atom is 0.214 e. The molecule has 1 fully saturated rings. The molecule has 0 radical (unpaired) electrons. The molecule has 1 heterocycles. The Bertz CT molecular complexity index is 309. The zero-order valence-electron chi connectivity index (χ0n) is 10.9. The SMILES string of the molecule is CC(C)CS(=O)(=O)N1CCN(CCCN)CC1. The van der Waals surface area contributed by atoms with Crippen molar-refractivity contribution in [2.24, 2.45) is 11.7 Å². The van der Waals surface area contributed by atoms with Crippen molar-refractivity contribution in [3.05, 3.63) is 0 Å². The number of nitrogens with two attached hydrogens (primary N) is 1. The summed E-state index contributed by atoms with van der Waals surface area (Å²) in [4.78, 5) is 2.29. The van der Waals surface area contributed by atoms with E-state index in [1.807, 2.05) is 13.8 Å². The minimum absolute atomic E-state index is 0.190. The van der Waals surface area contributed by atoms with Crippen molar-refractivity contribution in [2.45, 2.75) is 20.3 Å². The molecule has 0 atom stereocenters. The van der Waals surface area contributed by atoms with Gasteiger partial charge >= 0.3 is 0 Å². The van der Waals surface area contributed by atoms with Crippen LogP contribution < -0.4 is 5.73 Å². The normalized spacial score (nSPS) is 20.0. The summed E-state index contributed by atoms with van der Waals surface area (Å²) in [5.41, 5.74) is 5.46. The standard InChI is InChI=1S/C11H25N3O2S/c1-11(2)10-17(15,16)14-8-6-13(7-9-14)5-3-4-12/h11H,3-10,12H2,1-2H3. The Morgan fingerprint density at radius 1 is 1.18 bits per heavy atom. The summed E-state index contributed by atoms with van der Waals surface area (Å²) in [5.74, 6) is 0.450. The predicted octanol–water partition coefficient (Wildman–Crippen LogP) is -0.0614. The van der Waals surface area contributed by atoms with Gasteiger partial charge in [-0.25, -0.2) is 8.42 Å². The molecular formula is C11H25N3O2S. The van der Waals surface area contributed by atoms with E-state index in [4.69, 9.17) is 5.73 Å². The van der Waals surface area contributed by atoms with Crippen LogP contribution in [0.15, 0.2) is 0 Å². The topological polar surface area (TPSA) is 66.6 Å². The Balaban J connectivity index is 2.41. The average Bonchev–Trinajstić information content (AvgIpc) is 2.25. The average molecular weight is 263 g/mol. The van der Waals surface area contributed by atoms with Crippen LogP contribution >= 0.6 is 0 Å². The Morgan fingerprint density at radius 3 is 2.24 bits per heavy atom. The summed E-state index contributed by atoms with van der Waals surface area (Å²) in [5, 5.41) is 0. The quantitative estimate of drug-likeness (QED) is 0.729. The summed E-state index contributed by atoms with van der Waals surface area (Å²) in [6, 6.07) is 0. The fraction of sp³-hybridized carbons (Fsp3) is 1.00. The van der Waals surface area contributed by atoms with Crippen LogP contribution in [0.4, 0.5) is 0 Å². The molecule has 1 aliphatic rings. The van der Waals surface area contributed by atoms with E-state index in [-0.39, 0.29) is 11.7 Å². The van der Waals surface area contributed by atoms with Gasteiger partial charge in [0.2, 0.25) is 10.0 Å². The lowest BCUT2D eigenvalue weighted by Crippen LogP contribution is -2.49. The highest BCUT2D eigenvalue weighted by Gasteiger charge is 2.26. The first-order chi connectivity index (χ1) is 7.95. The minimum atomic E-state index is -3.04. The summed E-state index contributed by atoms with van der Waals surface area (Å²) in [6.45, 7) is 8.47. The smallest absolute Gasteiger partial charge is 0.214 e. The highest BCUT2D eigenvalue weighted by atomic mass is 32.2. The van der Waals surface area contributed by atoms with Crippen molar-refractivity contribution >= 4 is 10.0 Å². The molecule has 1 saturated heterocycles. The molecule has 6 heteroatoms. The van der Waals surface area contributed by atoms with Crippen LogP contribution in [-0.4, -0.2) is 62.6 Å². The first kappa shape index (κ1) is 14.9. The van der Waals surface area contributed by atoms with Crippen LogP contribution in [0.5, 0.6) is 0 Å². The maximum absolute atomic E-state index is 12.0. The number of sulfonamides is 1. The molecule has 1 rings (SSSR count). The van der Waals surface area contributed by atoms with Crippen LogP contribution in [-0.2, 0) is 10.0 Å². The van der Waals surface area contributed by atoms with E-state index in [0.29, 0.717) is 19.6 Å². The van der Waals surface area contributed by atoms with Crippen molar-refractivity contribution in [1.29, 1.82) is 0 Å². The van der Waals surface area contributed by atoms with Crippen molar-refractivity contribution < 1.29 is 8.42 Å². The molecule has 0 spiro atoms. The van der Waals surface area contributed by atoms with Gasteiger partial charge in [0.25, 0.3) is 0 Å². The zero-order valence-corrected chi connectivity index (χ0v) is 11.7. The molecule has 2 N–H and O–H groups in total. The molecule has 0 aromatic heterocycles. The van der Waals surface area contributed by atoms with Gasteiger partial charge in [0.15, 0.2) is 0 Å². The fourth-order valence-electron chi connectivity index (χ4n) is 2.07. The second-order valence-corrected chi connectivity index (χ2v) is 7.07. The van der Waals surface area contributed by atoms with Crippen LogP contribution in [0, 0.1) is 5.92 Å². The summed E-state index contributed by atoms with van der Waals surface area (Å²) in [6.07, 6.45) is 0.985. The van der Waals surface area contributed by atoms with E-state index in [1.165, 1.54) is 0 Å². The molecule has 0 aromatic carbocycles. The molecular weight excluding hydrogens is 238 g/mol.